The Morgan fingerprint density at radius 1 is 0.935 bits per heavy atom. The number of hydrogen-bond donors (Lipinski definition) is 2. The van der Waals surface area contributed by atoms with Gasteiger partial charge in [-0.05, 0) is 69.2 Å². The molecule has 1 aromatic rings. The SMILES string of the molecule is CC(C)(C)OC(=O)Nc1ncc(B2OC(C)(C)C(C)(C)O2)cn1.CC(C)(C)OC(N)=O. The van der Waals surface area contributed by atoms with E-state index >= 15 is 0 Å². The van der Waals surface area contributed by atoms with Crippen LogP contribution >= 0.6 is 0 Å². The number of amides is 2. The van der Waals surface area contributed by atoms with E-state index in [1.54, 1.807) is 53.9 Å². The molecule has 2 heterocycles. The highest BCUT2D eigenvalue weighted by molar-refractivity contribution is 6.61. The summed E-state index contributed by atoms with van der Waals surface area (Å²) in [6.07, 6.45) is 1.82. The number of rotatable bonds is 2. The van der Waals surface area contributed by atoms with Crippen LogP contribution in [0.15, 0.2) is 12.4 Å². The van der Waals surface area contributed by atoms with Gasteiger partial charge in [-0.2, -0.15) is 0 Å². The second-order valence-electron chi connectivity index (χ2n) is 10.1. The van der Waals surface area contributed by atoms with Crippen molar-refractivity contribution in [3.05, 3.63) is 12.4 Å². The van der Waals surface area contributed by atoms with Crippen molar-refractivity contribution in [2.45, 2.75) is 91.6 Å². The zero-order valence-electron chi connectivity index (χ0n) is 20.2. The van der Waals surface area contributed by atoms with Gasteiger partial charge in [-0.15, -0.1) is 0 Å². The van der Waals surface area contributed by atoms with Crippen LogP contribution in [0.5, 0.6) is 0 Å². The van der Waals surface area contributed by atoms with E-state index in [4.69, 9.17) is 19.8 Å². The Morgan fingerprint density at radius 3 is 1.68 bits per heavy atom. The predicted octanol–water partition coefficient (Wildman–Crippen LogP) is 3.00. The Bertz CT molecular complexity index is 753. The van der Waals surface area contributed by atoms with Gasteiger partial charge in [0.05, 0.1) is 11.2 Å². The van der Waals surface area contributed by atoms with Crippen LogP contribution in [0.2, 0.25) is 0 Å². The first-order valence-electron chi connectivity index (χ1n) is 9.97. The quantitative estimate of drug-likeness (QED) is 0.673. The van der Waals surface area contributed by atoms with Crippen LogP contribution in [-0.4, -0.2) is 51.7 Å². The van der Waals surface area contributed by atoms with Gasteiger partial charge in [0, 0.05) is 17.9 Å². The molecular formula is C20H35BN4O6. The van der Waals surface area contributed by atoms with Crippen LogP contribution in [-0.2, 0) is 18.8 Å². The molecule has 0 spiro atoms. The third kappa shape index (κ3) is 9.10. The van der Waals surface area contributed by atoms with E-state index in [1.165, 1.54) is 0 Å². The number of carbonyl (C=O) groups excluding carboxylic acids is 2. The zero-order chi connectivity index (χ0) is 24.3. The second kappa shape index (κ2) is 9.39. The van der Waals surface area contributed by atoms with Crippen molar-refractivity contribution in [1.29, 1.82) is 0 Å². The van der Waals surface area contributed by atoms with Crippen molar-refractivity contribution >= 4 is 30.7 Å². The zero-order valence-corrected chi connectivity index (χ0v) is 20.2. The number of ether oxygens (including phenoxy) is 2. The van der Waals surface area contributed by atoms with Gasteiger partial charge < -0.3 is 24.5 Å². The number of nitrogens with two attached hydrogens (primary N) is 1. The first kappa shape index (κ1) is 26.6. The van der Waals surface area contributed by atoms with E-state index < -0.39 is 41.7 Å². The van der Waals surface area contributed by atoms with Crippen LogP contribution in [0.1, 0.15) is 69.2 Å². The molecule has 1 aliphatic rings. The molecule has 2 amide bonds. The summed E-state index contributed by atoms with van der Waals surface area (Å²) in [5.74, 6) is 0.166. The topological polar surface area (TPSA) is 135 Å². The fraction of sp³-hybridized carbons (Fsp3) is 0.700. The summed E-state index contributed by atoms with van der Waals surface area (Å²) in [7, 11) is -0.532. The van der Waals surface area contributed by atoms with Crippen molar-refractivity contribution in [3.63, 3.8) is 0 Å². The highest BCUT2D eigenvalue weighted by Crippen LogP contribution is 2.36. The molecule has 1 aromatic heterocycles. The molecule has 1 saturated heterocycles. The van der Waals surface area contributed by atoms with Gasteiger partial charge in [-0.25, -0.2) is 19.6 Å². The highest BCUT2D eigenvalue weighted by Gasteiger charge is 2.51. The van der Waals surface area contributed by atoms with Crippen LogP contribution in [0.4, 0.5) is 15.5 Å². The third-order valence-electron chi connectivity index (χ3n) is 4.22. The lowest BCUT2D eigenvalue weighted by Crippen LogP contribution is -2.41. The van der Waals surface area contributed by atoms with Gasteiger partial charge in [0.2, 0.25) is 5.95 Å². The lowest BCUT2D eigenvalue weighted by atomic mass is 9.81. The van der Waals surface area contributed by atoms with Crippen LogP contribution in [0.25, 0.3) is 0 Å². The summed E-state index contributed by atoms with van der Waals surface area (Å²) in [5.41, 5.74) is 3.53. The van der Waals surface area contributed by atoms with Gasteiger partial charge in [-0.1, -0.05) is 0 Å². The molecular weight excluding hydrogens is 403 g/mol. The number of carbonyl (C=O) groups is 2. The van der Waals surface area contributed by atoms with Gasteiger partial charge in [-0.3, -0.25) is 5.32 Å². The van der Waals surface area contributed by atoms with Crippen molar-refractivity contribution in [3.8, 4) is 0 Å². The van der Waals surface area contributed by atoms with E-state index in [2.05, 4.69) is 20.0 Å². The van der Waals surface area contributed by atoms with Gasteiger partial charge in [0.1, 0.15) is 11.2 Å². The fourth-order valence-electron chi connectivity index (χ4n) is 2.20. The van der Waals surface area contributed by atoms with Crippen molar-refractivity contribution < 1.29 is 28.4 Å². The Morgan fingerprint density at radius 2 is 1.35 bits per heavy atom. The summed E-state index contributed by atoms with van der Waals surface area (Å²) in [4.78, 5) is 29.9. The molecule has 0 unspecified atom stereocenters. The molecule has 0 radical (unpaired) electrons. The number of nitrogens with zero attached hydrogens (tertiary/aromatic N) is 2. The smallest absolute Gasteiger partial charge is 0.444 e. The average molecular weight is 438 g/mol. The van der Waals surface area contributed by atoms with Crippen LogP contribution in [0.3, 0.4) is 0 Å². The third-order valence-corrected chi connectivity index (χ3v) is 4.22. The molecule has 0 aliphatic carbocycles. The molecule has 0 atom stereocenters. The maximum absolute atomic E-state index is 11.7. The summed E-state index contributed by atoms with van der Waals surface area (Å²) >= 11 is 0. The predicted molar refractivity (Wildman–Crippen MR) is 118 cm³/mol. The number of aromatic nitrogens is 2. The minimum atomic E-state index is -0.725. The summed E-state index contributed by atoms with van der Waals surface area (Å²) in [5, 5.41) is 2.48. The average Bonchev–Trinajstić information content (AvgIpc) is 2.72. The molecule has 1 fully saturated rings. The second-order valence-corrected chi connectivity index (χ2v) is 10.1. The molecule has 1 aliphatic heterocycles. The molecule has 2 rings (SSSR count). The molecule has 3 N–H and O–H groups in total. The summed E-state index contributed by atoms with van der Waals surface area (Å²) in [6, 6.07) is 0. The summed E-state index contributed by atoms with van der Waals surface area (Å²) < 4.78 is 21.6. The molecule has 10 nitrogen and oxygen atoms in total. The first-order valence-corrected chi connectivity index (χ1v) is 9.97. The molecule has 31 heavy (non-hydrogen) atoms. The molecule has 11 heteroatoms. The van der Waals surface area contributed by atoms with E-state index in [9.17, 15) is 9.59 Å². The lowest BCUT2D eigenvalue weighted by molar-refractivity contribution is 0.00578. The standard InChI is InChI=1S/C15H24BN3O4.C5H11NO2/c1-13(2,3)21-12(20)19-11-17-8-10(9-18-11)16-22-14(4,5)15(6,7)23-16;1-5(2,3)8-4(6)7/h8-9H,1-7H3,(H,17,18,19,20);1-3H3,(H2,6,7). The number of primary amides is 1. The Labute approximate surface area is 184 Å². The number of anilines is 1. The normalized spacial score (nSPS) is 17.3. The van der Waals surface area contributed by atoms with Crippen molar-refractivity contribution in [2.24, 2.45) is 5.73 Å². The largest absolute Gasteiger partial charge is 0.498 e. The Hall–Kier alpha value is -2.40. The molecule has 0 aromatic carbocycles. The van der Waals surface area contributed by atoms with Crippen molar-refractivity contribution in [2.75, 3.05) is 5.32 Å². The van der Waals surface area contributed by atoms with Crippen LogP contribution < -0.4 is 16.5 Å². The van der Waals surface area contributed by atoms with Crippen LogP contribution in [0, 0.1) is 0 Å². The Kier molecular flexibility index (Phi) is 8.07. The van der Waals surface area contributed by atoms with E-state index in [0.29, 0.717) is 5.46 Å². The Balaban J connectivity index is 0.000000512. The van der Waals surface area contributed by atoms with E-state index in [-0.39, 0.29) is 5.95 Å². The van der Waals surface area contributed by atoms with E-state index in [0.717, 1.165) is 0 Å². The number of hydrogen-bond acceptors (Lipinski definition) is 8. The maximum Gasteiger partial charge on any atom is 0.498 e. The van der Waals surface area contributed by atoms with Crippen molar-refractivity contribution in [1.82, 2.24) is 9.97 Å². The minimum Gasteiger partial charge on any atom is -0.444 e. The maximum atomic E-state index is 11.7. The fourth-order valence-corrected chi connectivity index (χ4v) is 2.20. The number of nitrogens with one attached hydrogen (secondary N) is 1. The monoisotopic (exact) mass is 438 g/mol. The van der Waals surface area contributed by atoms with Gasteiger partial charge in [0.25, 0.3) is 0 Å². The van der Waals surface area contributed by atoms with Gasteiger partial charge in [0.15, 0.2) is 0 Å². The minimum absolute atomic E-state index is 0.166. The lowest BCUT2D eigenvalue weighted by Gasteiger charge is -2.32. The molecule has 0 bridgehead atoms. The first-order chi connectivity index (χ1) is 13.8. The highest BCUT2D eigenvalue weighted by atomic mass is 16.7. The van der Waals surface area contributed by atoms with E-state index in [1.807, 2.05) is 27.7 Å². The molecule has 174 valence electrons. The molecule has 0 saturated carbocycles. The van der Waals surface area contributed by atoms with Gasteiger partial charge >= 0.3 is 19.3 Å². The summed E-state index contributed by atoms with van der Waals surface area (Å²) in [6.45, 7) is 18.6.